The van der Waals surface area contributed by atoms with Crippen molar-refractivity contribution in [3.63, 3.8) is 0 Å². The monoisotopic (exact) mass is 194 g/mol. The fourth-order valence-electron chi connectivity index (χ4n) is 0.908. The highest BCUT2D eigenvalue weighted by Crippen LogP contribution is 2.14. The van der Waals surface area contributed by atoms with Crippen LogP contribution in [-0.4, -0.2) is 28.6 Å². The fourth-order valence-corrected chi connectivity index (χ4v) is 0.908. The second-order valence-electron chi connectivity index (χ2n) is 2.47. The van der Waals surface area contributed by atoms with Crippen molar-refractivity contribution in [1.29, 1.82) is 5.41 Å². The number of hydrogen-bond donors (Lipinski definition) is 4. The summed E-state index contributed by atoms with van der Waals surface area (Å²) in [6.07, 6.45) is 1.17. The van der Waals surface area contributed by atoms with E-state index in [1.807, 2.05) is 0 Å². The first kappa shape index (κ1) is 9.90. The summed E-state index contributed by atoms with van der Waals surface area (Å²) in [4.78, 5) is 18.4. The molecule has 1 heterocycles. The minimum absolute atomic E-state index is 0.0195. The maximum absolute atomic E-state index is 11.1. The molecule has 1 amide bonds. The molecule has 74 valence electrons. The van der Waals surface area contributed by atoms with Gasteiger partial charge in [0.15, 0.2) is 0 Å². The van der Waals surface area contributed by atoms with Gasteiger partial charge in [-0.25, -0.2) is 9.97 Å². The van der Waals surface area contributed by atoms with Gasteiger partial charge < -0.3 is 16.8 Å². The number of aromatic nitrogens is 2. The molecule has 7 nitrogen and oxygen atoms in total. The molecule has 14 heavy (non-hydrogen) atoms. The first-order valence-corrected chi connectivity index (χ1v) is 3.75. The SMILES string of the molecule is CNC(=O)C(=N)c1c(N)ncnc1N. The van der Waals surface area contributed by atoms with Crippen molar-refractivity contribution >= 4 is 23.3 Å². The summed E-state index contributed by atoms with van der Waals surface area (Å²) in [7, 11) is 1.41. The molecule has 0 saturated carbocycles. The Morgan fingerprint density at radius 2 is 1.93 bits per heavy atom. The van der Waals surface area contributed by atoms with Crippen LogP contribution in [0.4, 0.5) is 11.6 Å². The Balaban J connectivity index is 3.19. The Morgan fingerprint density at radius 1 is 1.43 bits per heavy atom. The number of hydrogen-bond acceptors (Lipinski definition) is 6. The molecule has 0 aliphatic rings. The van der Waals surface area contributed by atoms with Gasteiger partial charge in [-0.2, -0.15) is 0 Å². The molecule has 0 atom stereocenters. The number of anilines is 2. The maximum Gasteiger partial charge on any atom is 0.269 e. The van der Waals surface area contributed by atoms with Crippen LogP contribution in [0.5, 0.6) is 0 Å². The second-order valence-corrected chi connectivity index (χ2v) is 2.47. The highest BCUT2D eigenvalue weighted by molar-refractivity contribution is 6.45. The summed E-state index contributed by atoms with van der Waals surface area (Å²) >= 11 is 0. The summed E-state index contributed by atoms with van der Waals surface area (Å²) in [5.41, 5.74) is 10.6. The van der Waals surface area contributed by atoms with Gasteiger partial charge >= 0.3 is 0 Å². The Bertz CT molecular complexity index is 368. The lowest BCUT2D eigenvalue weighted by Crippen LogP contribution is -2.29. The van der Waals surface area contributed by atoms with Gasteiger partial charge in [0.2, 0.25) is 0 Å². The molecule has 1 rings (SSSR count). The second kappa shape index (κ2) is 3.69. The number of amides is 1. The molecule has 0 saturated heterocycles. The van der Waals surface area contributed by atoms with E-state index in [9.17, 15) is 4.79 Å². The number of carbonyl (C=O) groups is 1. The molecular formula is C7H10N6O. The van der Waals surface area contributed by atoms with Crippen molar-refractivity contribution in [3.05, 3.63) is 11.9 Å². The largest absolute Gasteiger partial charge is 0.383 e. The number of nitrogens with one attached hydrogen (secondary N) is 2. The quantitative estimate of drug-likeness (QED) is 0.437. The molecule has 0 unspecified atom stereocenters. The Hall–Kier alpha value is -2.18. The molecule has 0 aliphatic carbocycles. The summed E-state index contributed by atoms with van der Waals surface area (Å²) < 4.78 is 0. The van der Waals surface area contributed by atoms with E-state index in [-0.39, 0.29) is 22.9 Å². The maximum atomic E-state index is 11.1. The fraction of sp³-hybridized carbons (Fsp3) is 0.143. The standard InChI is InChI=1S/C7H10N6O/c1-11-7(14)4(8)3-5(9)12-2-13-6(3)10/h2,8H,1H3,(H,11,14)(H4,9,10,12,13). The minimum Gasteiger partial charge on any atom is -0.383 e. The zero-order chi connectivity index (χ0) is 10.7. The first-order valence-electron chi connectivity index (χ1n) is 3.75. The third kappa shape index (κ3) is 1.60. The van der Waals surface area contributed by atoms with E-state index >= 15 is 0 Å². The predicted molar refractivity (Wildman–Crippen MR) is 51.8 cm³/mol. The Kier molecular flexibility index (Phi) is 2.61. The number of rotatable bonds is 2. The Morgan fingerprint density at radius 3 is 2.36 bits per heavy atom. The van der Waals surface area contributed by atoms with Crippen LogP contribution in [0.25, 0.3) is 0 Å². The zero-order valence-corrected chi connectivity index (χ0v) is 7.53. The van der Waals surface area contributed by atoms with E-state index in [4.69, 9.17) is 16.9 Å². The normalized spacial score (nSPS) is 9.50. The lowest BCUT2D eigenvalue weighted by Gasteiger charge is -2.06. The van der Waals surface area contributed by atoms with Crippen LogP contribution in [0.3, 0.4) is 0 Å². The summed E-state index contributed by atoms with van der Waals surface area (Å²) in [6, 6.07) is 0. The van der Waals surface area contributed by atoms with Crippen molar-refractivity contribution in [3.8, 4) is 0 Å². The highest BCUT2D eigenvalue weighted by Gasteiger charge is 2.17. The van der Waals surface area contributed by atoms with Gasteiger partial charge in [0.25, 0.3) is 5.91 Å². The van der Waals surface area contributed by atoms with E-state index < -0.39 is 5.91 Å². The zero-order valence-electron chi connectivity index (χ0n) is 7.53. The number of carbonyl (C=O) groups excluding carboxylic acids is 1. The van der Waals surface area contributed by atoms with Crippen molar-refractivity contribution < 1.29 is 4.79 Å². The van der Waals surface area contributed by atoms with E-state index in [1.54, 1.807) is 0 Å². The van der Waals surface area contributed by atoms with Gasteiger partial charge in [0.05, 0.1) is 5.56 Å². The molecule has 6 N–H and O–H groups in total. The summed E-state index contributed by atoms with van der Waals surface area (Å²) in [6.45, 7) is 0. The van der Waals surface area contributed by atoms with Gasteiger partial charge in [0.1, 0.15) is 23.7 Å². The van der Waals surface area contributed by atoms with Crippen LogP contribution in [0.2, 0.25) is 0 Å². The van der Waals surface area contributed by atoms with E-state index in [0.717, 1.165) is 0 Å². The van der Waals surface area contributed by atoms with Gasteiger partial charge in [-0.1, -0.05) is 0 Å². The molecule has 0 radical (unpaired) electrons. The van der Waals surface area contributed by atoms with Crippen molar-refractivity contribution in [2.24, 2.45) is 0 Å². The lowest BCUT2D eigenvalue weighted by molar-refractivity contribution is -0.114. The van der Waals surface area contributed by atoms with Crippen LogP contribution in [-0.2, 0) is 4.79 Å². The average Bonchev–Trinajstić information content (AvgIpc) is 2.16. The Labute approximate surface area is 80.0 Å². The van der Waals surface area contributed by atoms with Gasteiger partial charge in [-0.05, 0) is 0 Å². The van der Waals surface area contributed by atoms with Gasteiger partial charge in [-0.15, -0.1) is 0 Å². The number of nitrogens with zero attached hydrogens (tertiary/aromatic N) is 2. The molecule has 0 spiro atoms. The topological polar surface area (TPSA) is 131 Å². The third-order valence-electron chi connectivity index (χ3n) is 1.61. The number of nitrogens with two attached hydrogens (primary N) is 2. The molecule has 7 heteroatoms. The number of likely N-dealkylation sites (N-methyl/N-ethyl adjacent to an activating group) is 1. The van der Waals surface area contributed by atoms with Crippen LogP contribution in [0, 0.1) is 5.41 Å². The van der Waals surface area contributed by atoms with Gasteiger partial charge in [-0.3, -0.25) is 10.2 Å². The van der Waals surface area contributed by atoms with Crippen LogP contribution in [0.15, 0.2) is 6.33 Å². The molecule has 0 bridgehead atoms. The van der Waals surface area contributed by atoms with Crippen molar-refractivity contribution in [2.75, 3.05) is 18.5 Å². The number of nitrogen functional groups attached to an aromatic ring is 2. The van der Waals surface area contributed by atoms with Crippen LogP contribution < -0.4 is 16.8 Å². The molecule has 1 aromatic rings. The van der Waals surface area contributed by atoms with Crippen LogP contribution in [0.1, 0.15) is 5.56 Å². The smallest absolute Gasteiger partial charge is 0.269 e. The molecule has 1 aromatic heterocycles. The van der Waals surface area contributed by atoms with E-state index in [0.29, 0.717) is 0 Å². The lowest BCUT2D eigenvalue weighted by atomic mass is 10.1. The highest BCUT2D eigenvalue weighted by atomic mass is 16.1. The first-order chi connectivity index (χ1) is 6.57. The molecule has 0 aromatic carbocycles. The third-order valence-corrected chi connectivity index (χ3v) is 1.61. The summed E-state index contributed by atoms with van der Waals surface area (Å²) in [5.74, 6) is -0.546. The molecule has 0 aliphatic heterocycles. The van der Waals surface area contributed by atoms with Gasteiger partial charge in [0, 0.05) is 7.05 Å². The van der Waals surface area contributed by atoms with E-state index in [1.165, 1.54) is 13.4 Å². The minimum atomic E-state index is -0.585. The van der Waals surface area contributed by atoms with Crippen LogP contribution >= 0.6 is 0 Å². The molecule has 0 fully saturated rings. The van der Waals surface area contributed by atoms with Crippen molar-refractivity contribution in [2.45, 2.75) is 0 Å². The predicted octanol–water partition coefficient (Wildman–Crippen LogP) is -1.25. The summed E-state index contributed by atoms with van der Waals surface area (Å²) in [5, 5.41) is 9.75. The van der Waals surface area contributed by atoms with E-state index in [2.05, 4.69) is 15.3 Å². The van der Waals surface area contributed by atoms with Crippen molar-refractivity contribution in [1.82, 2.24) is 15.3 Å². The molecular weight excluding hydrogens is 184 g/mol. The average molecular weight is 194 g/mol.